The van der Waals surface area contributed by atoms with E-state index in [1.807, 2.05) is 42.6 Å². The molecule has 4 aromatic carbocycles. The van der Waals surface area contributed by atoms with E-state index in [1.165, 1.54) is 0 Å². The molecule has 6 aromatic rings. The molecule has 0 atom stereocenters. The van der Waals surface area contributed by atoms with Gasteiger partial charge in [0.05, 0.1) is 22.9 Å². The normalized spacial score (nSPS) is 11.4. The van der Waals surface area contributed by atoms with Gasteiger partial charge in [-0.25, -0.2) is 4.98 Å². The lowest BCUT2D eigenvalue weighted by molar-refractivity contribution is 1.13. The van der Waals surface area contributed by atoms with E-state index >= 15 is 0 Å². The zero-order valence-electron chi connectivity index (χ0n) is 18.5. The van der Waals surface area contributed by atoms with Crippen molar-refractivity contribution < 1.29 is 0 Å². The van der Waals surface area contributed by atoms with Crippen LogP contribution in [-0.2, 0) is 0 Å². The monoisotopic (exact) mass is 438 g/mol. The van der Waals surface area contributed by atoms with Crippen molar-refractivity contribution in [3.8, 4) is 16.9 Å². The van der Waals surface area contributed by atoms with Gasteiger partial charge in [0.15, 0.2) is 0 Å². The van der Waals surface area contributed by atoms with E-state index in [2.05, 4.69) is 105 Å². The SMILES string of the molecule is C(=N\Nc1ccc2ccccc2n1)/c1c(-c2ccccc2)n(-c2ccccc2)c2ccccc12. The van der Waals surface area contributed by atoms with E-state index in [-0.39, 0.29) is 0 Å². The minimum Gasteiger partial charge on any atom is -0.309 e. The maximum atomic E-state index is 4.67. The molecule has 4 nitrogen and oxygen atoms in total. The fourth-order valence-corrected chi connectivity index (χ4v) is 4.41. The van der Waals surface area contributed by atoms with Crippen molar-refractivity contribution in [3.63, 3.8) is 0 Å². The van der Waals surface area contributed by atoms with Crippen LogP contribution in [0, 0.1) is 0 Å². The second-order valence-electron chi connectivity index (χ2n) is 8.08. The summed E-state index contributed by atoms with van der Waals surface area (Å²) in [7, 11) is 0. The molecule has 0 saturated carbocycles. The molecular formula is C30H22N4. The summed E-state index contributed by atoms with van der Waals surface area (Å²) >= 11 is 0. The molecule has 2 aromatic heterocycles. The average Bonchev–Trinajstić information content (AvgIpc) is 3.24. The van der Waals surface area contributed by atoms with Gasteiger partial charge < -0.3 is 4.57 Å². The summed E-state index contributed by atoms with van der Waals surface area (Å²) in [5, 5.41) is 6.86. The molecule has 0 spiro atoms. The van der Waals surface area contributed by atoms with Gasteiger partial charge in [0, 0.05) is 22.0 Å². The maximum Gasteiger partial charge on any atom is 0.146 e. The number of anilines is 1. The first-order chi connectivity index (χ1) is 16.9. The summed E-state index contributed by atoms with van der Waals surface area (Å²) in [6, 6.07) is 41.4. The molecule has 0 bridgehead atoms. The van der Waals surface area contributed by atoms with Crippen LogP contribution >= 0.6 is 0 Å². The Bertz CT molecular complexity index is 1620. The largest absolute Gasteiger partial charge is 0.309 e. The van der Waals surface area contributed by atoms with Crippen molar-refractivity contribution >= 4 is 33.8 Å². The van der Waals surface area contributed by atoms with Crippen molar-refractivity contribution in [1.82, 2.24) is 9.55 Å². The summed E-state index contributed by atoms with van der Waals surface area (Å²) in [6.07, 6.45) is 1.90. The number of benzene rings is 4. The van der Waals surface area contributed by atoms with Crippen LogP contribution in [0.4, 0.5) is 5.82 Å². The maximum absolute atomic E-state index is 4.67. The van der Waals surface area contributed by atoms with Crippen LogP contribution in [0.25, 0.3) is 38.8 Å². The minimum absolute atomic E-state index is 0.711. The molecule has 34 heavy (non-hydrogen) atoms. The topological polar surface area (TPSA) is 42.2 Å². The minimum atomic E-state index is 0.711. The molecular weight excluding hydrogens is 416 g/mol. The number of nitrogens with one attached hydrogen (secondary N) is 1. The van der Waals surface area contributed by atoms with Crippen molar-refractivity contribution in [2.24, 2.45) is 5.10 Å². The summed E-state index contributed by atoms with van der Waals surface area (Å²) < 4.78 is 2.31. The lowest BCUT2D eigenvalue weighted by Crippen LogP contribution is -1.99. The van der Waals surface area contributed by atoms with Crippen LogP contribution in [0.3, 0.4) is 0 Å². The van der Waals surface area contributed by atoms with Crippen LogP contribution in [0.5, 0.6) is 0 Å². The quantitative estimate of drug-likeness (QED) is 0.227. The smallest absolute Gasteiger partial charge is 0.146 e. The first-order valence-electron chi connectivity index (χ1n) is 11.3. The Morgan fingerprint density at radius 2 is 1.38 bits per heavy atom. The van der Waals surface area contributed by atoms with Crippen molar-refractivity contribution in [2.45, 2.75) is 0 Å². The molecule has 2 heterocycles. The highest BCUT2D eigenvalue weighted by molar-refractivity contribution is 6.07. The van der Waals surface area contributed by atoms with Gasteiger partial charge in [0.2, 0.25) is 0 Å². The highest BCUT2D eigenvalue weighted by atomic mass is 15.3. The van der Waals surface area contributed by atoms with Crippen LogP contribution in [0.2, 0.25) is 0 Å². The van der Waals surface area contributed by atoms with Gasteiger partial charge in [-0.3, -0.25) is 5.43 Å². The highest BCUT2D eigenvalue weighted by Gasteiger charge is 2.18. The summed E-state index contributed by atoms with van der Waals surface area (Å²) in [5.41, 5.74) is 9.60. The van der Waals surface area contributed by atoms with Crippen LogP contribution < -0.4 is 5.43 Å². The van der Waals surface area contributed by atoms with E-state index in [1.54, 1.807) is 0 Å². The van der Waals surface area contributed by atoms with E-state index in [9.17, 15) is 0 Å². The molecule has 0 unspecified atom stereocenters. The average molecular weight is 439 g/mol. The van der Waals surface area contributed by atoms with E-state index in [0.717, 1.165) is 44.3 Å². The fraction of sp³-hybridized carbons (Fsp3) is 0. The van der Waals surface area contributed by atoms with Gasteiger partial charge >= 0.3 is 0 Å². The second kappa shape index (κ2) is 8.68. The summed E-state index contributed by atoms with van der Waals surface area (Å²) in [4.78, 5) is 4.67. The molecule has 162 valence electrons. The van der Waals surface area contributed by atoms with Crippen molar-refractivity contribution in [3.05, 3.63) is 127 Å². The number of pyridine rings is 1. The predicted molar refractivity (Wildman–Crippen MR) is 142 cm³/mol. The summed E-state index contributed by atoms with van der Waals surface area (Å²) in [5.74, 6) is 0.711. The zero-order chi connectivity index (χ0) is 22.7. The first kappa shape index (κ1) is 19.9. The number of hydrogen-bond donors (Lipinski definition) is 1. The Hall–Kier alpha value is -4.70. The van der Waals surface area contributed by atoms with Gasteiger partial charge in [-0.1, -0.05) is 84.9 Å². The van der Waals surface area contributed by atoms with E-state index in [0.29, 0.717) is 5.82 Å². The van der Waals surface area contributed by atoms with Gasteiger partial charge in [-0.2, -0.15) is 5.10 Å². The molecule has 4 heteroatoms. The van der Waals surface area contributed by atoms with Crippen LogP contribution in [-0.4, -0.2) is 15.8 Å². The van der Waals surface area contributed by atoms with E-state index < -0.39 is 0 Å². The molecule has 0 aliphatic rings. The first-order valence-corrected chi connectivity index (χ1v) is 11.3. The zero-order valence-corrected chi connectivity index (χ0v) is 18.5. The third kappa shape index (κ3) is 3.61. The van der Waals surface area contributed by atoms with Gasteiger partial charge in [0.25, 0.3) is 0 Å². The van der Waals surface area contributed by atoms with Crippen molar-refractivity contribution in [2.75, 3.05) is 5.43 Å². The lowest BCUT2D eigenvalue weighted by atomic mass is 10.1. The third-order valence-electron chi connectivity index (χ3n) is 5.95. The Labute approximate surface area is 197 Å². The molecule has 0 aliphatic carbocycles. The number of para-hydroxylation sites is 3. The van der Waals surface area contributed by atoms with Gasteiger partial charge in [-0.15, -0.1) is 0 Å². The molecule has 0 saturated heterocycles. The standard InChI is InChI=1S/C30H22N4/c1-3-12-23(13-4-1)30-26(21-31-33-29-20-19-22-11-7-9-17-27(22)32-29)25-16-8-10-18-28(25)34(30)24-14-5-2-6-15-24/h1-21H,(H,32,33)/b31-21+. The highest BCUT2D eigenvalue weighted by Crippen LogP contribution is 2.35. The summed E-state index contributed by atoms with van der Waals surface area (Å²) in [6.45, 7) is 0. The third-order valence-corrected chi connectivity index (χ3v) is 5.95. The molecule has 0 amide bonds. The van der Waals surface area contributed by atoms with E-state index in [4.69, 9.17) is 0 Å². The Balaban J connectivity index is 1.49. The number of fused-ring (bicyclic) bond motifs is 2. The molecule has 1 N–H and O–H groups in total. The molecule has 0 fully saturated rings. The molecule has 0 aliphatic heterocycles. The van der Waals surface area contributed by atoms with Crippen LogP contribution in [0.1, 0.15) is 5.56 Å². The Morgan fingerprint density at radius 1 is 0.676 bits per heavy atom. The number of hydrazone groups is 1. The fourth-order valence-electron chi connectivity index (χ4n) is 4.41. The number of rotatable bonds is 5. The number of hydrogen-bond acceptors (Lipinski definition) is 3. The van der Waals surface area contributed by atoms with Crippen LogP contribution in [0.15, 0.2) is 126 Å². The van der Waals surface area contributed by atoms with Gasteiger partial charge in [0.1, 0.15) is 5.82 Å². The van der Waals surface area contributed by atoms with Crippen molar-refractivity contribution in [1.29, 1.82) is 0 Å². The Kier molecular flexibility index (Phi) is 5.09. The number of aromatic nitrogens is 2. The Morgan fingerprint density at radius 3 is 2.24 bits per heavy atom. The second-order valence-corrected chi connectivity index (χ2v) is 8.08. The van der Waals surface area contributed by atoms with Gasteiger partial charge in [-0.05, 0) is 42.0 Å². The predicted octanol–water partition coefficient (Wildman–Crippen LogP) is 7.29. The number of nitrogens with zero attached hydrogens (tertiary/aromatic N) is 3. The molecule has 0 radical (unpaired) electrons. The lowest BCUT2D eigenvalue weighted by Gasteiger charge is -2.12. The molecule has 6 rings (SSSR count).